The summed E-state index contributed by atoms with van der Waals surface area (Å²) in [5, 5.41) is 11.0. The molecule has 0 unspecified atom stereocenters. The van der Waals surface area contributed by atoms with E-state index in [2.05, 4.69) is 13.8 Å². The Morgan fingerprint density at radius 3 is 2.68 bits per heavy atom. The second kappa shape index (κ2) is 4.72. The third-order valence-electron chi connectivity index (χ3n) is 8.37. The number of aliphatic hydroxyl groups is 1. The minimum absolute atomic E-state index is 0.209. The van der Waals surface area contributed by atoms with Crippen molar-refractivity contribution in [2.24, 2.45) is 28.6 Å². The van der Waals surface area contributed by atoms with Crippen LogP contribution in [0.4, 0.5) is 0 Å². The highest BCUT2D eigenvalue weighted by atomic mass is 16.3. The van der Waals surface area contributed by atoms with Crippen LogP contribution < -0.4 is 0 Å². The minimum atomic E-state index is -0.209. The van der Waals surface area contributed by atoms with Crippen LogP contribution in [-0.2, 0) is 4.79 Å². The van der Waals surface area contributed by atoms with Crippen LogP contribution in [0.15, 0.2) is 0 Å². The van der Waals surface area contributed by atoms with Crippen molar-refractivity contribution >= 4 is 5.91 Å². The number of fused-ring (bicyclic) bond motifs is 5. The number of hydrogen-bond acceptors (Lipinski definition) is 2. The van der Waals surface area contributed by atoms with Crippen LogP contribution in [-0.4, -0.2) is 35.1 Å². The molecule has 0 aromatic heterocycles. The lowest BCUT2D eigenvalue weighted by molar-refractivity contribution is -0.177. The second-order valence-corrected chi connectivity index (χ2v) is 9.20. The zero-order chi connectivity index (χ0) is 15.7. The van der Waals surface area contributed by atoms with Crippen LogP contribution in [0, 0.1) is 28.6 Å². The first-order valence-corrected chi connectivity index (χ1v) is 9.30. The average molecular weight is 305 g/mol. The van der Waals surface area contributed by atoms with Gasteiger partial charge in [0.25, 0.3) is 0 Å². The van der Waals surface area contributed by atoms with Crippen LogP contribution in [0.5, 0.6) is 0 Å². The average Bonchev–Trinajstić information content (AvgIpc) is 2.87. The molecule has 4 fully saturated rings. The van der Waals surface area contributed by atoms with E-state index in [1.807, 2.05) is 11.9 Å². The van der Waals surface area contributed by atoms with Crippen molar-refractivity contribution in [3.8, 4) is 0 Å². The molecule has 4 rings (SSSR count). The minimum Gasteiger partial charge on any atom is -0.393 e. The molecule has 7 atom stereocenters. The van der Waals surface area contributed by atoms with Crippen LogP contribution in [0.25, 0.3) is 0 Å². The van der Waals surface area contributed by atoms with Crippen LogP contribution in [0.1, 0.15) is 65.2 Å². The number of likely N-dealkylation sites (tertiary alicyclic amines) is 1. The highest BCUT2D eigenvalue weighted by Gasteiger charge is 2.61. The van der Waals surface area contributed by atoms with Crippen molar-refractivity contribution in [3.63, 3.8) is 0 Å². The summed E-state index contributed by atoms with van der Waals surface area (Å²) in [4.78, 5) is 14.1. The number of carbonyl (C=O) groups excluding carboxylic acids is 1. The summed E-state index contributed by atoms with van der Waals surface area (Å²) in [6.45, 7) is 4.89. The van der Waals surface area contributed by atoms with E-state index in [0.717, 1.165) is 12.8 Å². The molecule has 3 aliphatic carbocycles. The van der Waals surface area contributed by atoms with Gasteiger partial charge < -0.3 is 10.0 Å². The van der Waals surface area contributed by atoms with Gasteiger partial charge >= 0.3 is 0 Å². The van der Waals surface area contributed by atoms with Crippen LogP contribution >= 0.6 is 0 Å². The lowest BCUT2D eigenvalue weighted by Gasteiger charge is -2.62. The van der Waals surface area contributed by atoms with Gasteiger partial charge in [0.05, 0.1) is 6.10 Å². The topological polar surface area (TPSA) is 40.5 Å². The maximum absolute atomic E-state index is 12.1. The highest BCUT2D eigenvalue weighted by molar-refractivity contribution is 5.77. The van der Waals surface area contributed by atoms with Gasteiger partial charge in [-0.25, -0.2) is 0 Å². The summed E-state index contributed by atoms with van der Waals surface area (Å²) in [5.41, 5.74) is 0.693. The molecule has 1 aliphatic heterocycles. The molecule has 3 nitrogen and oxygen atoms in total. The molecular weight excluding hydrogens is 274 g/mol. The molecular formula is C19H31NO2. The maximum atomic E-state index is 12.1. The molecule has 124 valence electrons. The summed E-state index contributed by atoms with van der Waals surface area (Å²) < 4.78 is 0. The lowest BCUT2D eigenvalue weighted by Crippen LogP contribution is -2.64. The third-order valence-corrected chi connectivity index (χ3v) is 8.37. The molecule has 1 amide bonds. The SMILES string of the molecule is CN1C(=O)CC[C@]2(C)[C@H]3CC[C@]4(C)CCC[C@H]4[C@@H]3[C@@H](O)C[C@@H]12. The van der Waals surface area contributed by atoms with E-state index < -0.39 is 0 Å². The van der Waals surface area contributed by atoms with Crippen molar-refractivity contribution in [2.45, 2.75) is 77.4 Å². The normalized spacial score (nSPS) is 54.6. The number of aliphatic hydroxyl groups excluding tert-OH is 1. The summed E-state index contributed by atoms with van der Waals surface area (Å²) >= 11 is 0. The maximum Gasteiger partial charge on any atom is 0.222 e. The van der Waals surface area contributed by atoms with Crippen LogP contribution in [0.3, 0.4) is 0 Å². The molecule has 3 heteroatoms. The Balaban J connectivity index is 1.70. The van der Waals surface area contributed by atoms with Crippen LogP contribution in [0.2, 0.25) is 0 Å². The Hall–Kier alpha value is -0.570. The molecule has 1 saturated heterocycles. The molecule has 4 aliphatic rings. The monoisotopic (exact) mass is 305 g/mol. The fourth-order valence-electron chi connectivity index (χ4n) is 7.07. The summed E-state index contributed by atoms with van der Waals surface area (Å²) in [5.74, 6) is 2.06. The van der Waals surface area contributed by atoms with Crippen molar-refractivity contribution in [3.05, 3.63) is 0 Å². The summed E-state index contributed by atoms with van der Waals surface area (Å²) in [6.07, 6.45) is 8.90. The van der Waals surface area contributed by atoms with Gasteiger partial charge in [-0.05, 0) is 67.1 Å². The summed E-state index contributed by atoms with van der Waals surface area (Å²) in [7, 11) is 1.96. The van der Waals surface area contributed by atoms with E-state index >= 15 is 0 Å². The largest absolute Gasteiger partial charge is 0.393 e. The number of piperidine rings is 1. The first-order valence-electron chi connectivity index (χ1n) is 9.30. The van der Waals surface area contributed by atoms with Crippen molar-refractivity contribution in [2.75, 3.05) is 7.05 Å². The lowest BCUT2D eigenvalue weighted by atomic mass is 9.47. The Morgan fingerprint density at radius 1 is 1.14 bits per heavy atom. The fourth-order valence-corrected chi connectivity index (χ4v) is 7.07. The van der Waals surface area contributed by atoms with Gasteiger partial charge in [0, 0.05) is 19.5 Å². The van der Waals surface area contributed by atoms with E-state index in [1.54, 1.807) is 0 Å². The molecule has 22 heavy (non-hydrogen) atoms. The number of amides is 1. The molecule has 0 spiro atoms. The third kappa shape index (κ3) is 1.81. The molecule has 0 radical (unpaired) electrons. The van der Waals surface area contributed by atoms with Gasteiger partial charge in [0.2, 0.25) is 5.91 Å². The summed E-state index contributed by atoms with van der Waals surface area (Å²) in [6, 6.07) is 0.246. The van der Waals surface area contributed by atoms with Gasteiger partial charge in [0.15, 0.2) is 0 Å². The van der Waals surface area contributed by atoms with Gasteiger partial charge in [-0.3, -0.25) is 4.79 Å². The van der Waals surface area contributed by atoms with Crippen molar-refractivity contribution in [1.29, 1.82) is 0 Å². The molecule has 0 bridgehead atoms. The van der Waals surface area contributed by atoms with Gasteiger partial charge in [0.1, 0.15) is 0 Å². The smallest absolute Gasteiger partial charge is 0.222 e. The Labute approximate surface area is 134 Å². The first kappa shape index (κ1) is 15.0. The Morgan fingerprint density at radius 2 is 1.91 bits per heavy atom. The molecule has 0 aromatic carbocycles. The predicted molar refractivity (Wildman–Crippen MR) is 86.2 cm³/mol. The molecule has 1 heterocycles. The molecule has 0 aromatic rings. The fraction of sp³-hybridized carbons (Fsp3) is 0.947. The quantitative estimate of drug-likeness (QED) is 0.746. The standard InChI is InChI=1S/C19H31NO2/c1-18-8-4-5-12(18)17-13(6-9-18)19(2)10-7-16(22)20(3)15(19)11-14(17)21/h12-15,17,21H,4-11H2,1-3H3/t12-,13-,14-,15+,17-,18-,19+/m0/s1. The predicted octanol–water partition coefficient (Wildman–Crippen LogP) is 3.21. The Kier molecular flexibility index (Phi) is 3.21. The number of rotatable bonds is 0. The van der Waals surface area contributed by atoms with E-state index in [0.29, 0.717) is 29.6 Å². The zero-order valence-electron chi connectivity index (χ0n) is 14.3. The van der Waals surface area contributed by atoms with E-state index in [1.165, 1.54) is 32.1 Å². The van der Waals surface area contributed by atoms with E-state index in [9.17, 15) is 9.90 Å². The number of carbonyl (C=O) groups is 1. The van der Waals surface area contributed by atoms with E-state index in [4.69, 9.17) is 0 Å². The van der Waals surface area contributed by atoms with E-state index in [-0.39, 0.29) is 23.5 Å². The Bertz CT molecular complexity index is 492. The number of hydrogen-bond donors (Lipinski definition) is 1. The first-order chi connectivity index (χ1) is 10.4. The number of nitrogens with zero attached hydrogens (tertiary/aromatic N) is 1. The van der Waals surface area contributed by atoms with Gasteiger partial charge in [-0.1, -0.05) is 20.3 Å². The molecule has 3 saturated carbocycles. The molecule has 1 N–H and O–H groups in total. The van der Waals surface area contributed by atoms with Crippen molar-refractivity contribution < 1.29 is 9.90 Å². The zero-order valence-corrected chi connectivity index (χ0v) is 14.3. The van der Waals surface area contributed by atoms with Crippen molar-refractivity contribution in [1.82, 2.24) is 4.90 Å². The second-order valence-electron chi connectivity index (χ2n) is 9.20. The highest BCUT2D eigenvalue weighted by Crippen LogP contribution is 2.64. The van der Waals surface area contributed by atoms with Gasteiger partial charge in [-0.2, -0.15) is 0 Å². The van der Waals surface area contributed by atoms with Gasteiger partial charge in [-0.15, -0.1) is 0 Å².